The molecule has 1 aliphatic heterocycles. The summed E-state index contributed by atoms with van der Waals surface area (Å²) >= 11 is 0. The van der Waals surface area contributed by atoms with Gasteiger partial charge in [-0.25, -0.2) is 0 Å². The van der Waals surface area contributed by atoms with E-state index in [2.05, 4.69) is 63.5 Å². The van der Waals surface area contributed by atoms with Crippen molar-refractivity contribution >= 4 is 35.6 Å². The van der Waals surface area contributed by atoms with Gasteiger partial charge >= 0.3 is 0 Å². The first-order valence-electron chi connectivity index (χ1n) is 10.2. The highest BCUT2D eigenvalue weighted by Gasteiger charge is 2.16. The number of piperazine rings is 1. The first-order chi connectivity index (χ1) is 12.7. The van der Waals surface area contributed by atoms with Gasteiger partial charge in [0, 0.05) is 52.0 Å². The molecule has 0 atom stereocenters. The Morgan fingerprint density at radius 1 is 1.04 bits per heavy atom. The number of halogens is 1. The third-order valence-electron chi connectivity index (χ3n) is 4.98. The lowest BCUT2D eigenvalue weighted by Gasteiger charge is -2.36. The number of benzene rings is 1. The van der Waals surface area contributed by atoms with Crippen molar-refractivity contribution in [3.63, 3.8) is 0 Å². The van der Waals surface area contributed by atoms with Crippen molar-refractivity contribution in [3.05, 3.63) is 29.8 Å². The fourth-order valence-electron chi connectivity index (χ4n) is 3.33. The lowest BCUT2D eigenvalue weighted by Crippen LogP contribution is -2.46. The van der Waals surface area contributed by atoms with Crippen LogP contribution in [0.3, 0.4) is 0 Å². The van der Waals surface area contributed by atoms with Crippen molar-refractivity contribution < 1.29 is 0 Å². The van der Waals surface area contributed by atoms with E-state index in [9.17, 15) is 0 Å². The Bertz CT molecular complexity index is 541. The molecule has 1 aliphatic rings. The van der Waals surface area contributed by atoms with Gasteiger partial charge in [-0.15, -0.1) is 24.0 Å². The van der Waals surface area contributed by atoms with Crippen molar-refractivity contribution in [2.24, 2.45) is 4.99 Å². The van der Waals surface area contributed by atoms with Gasteiger partial charge in [-0.3, -0.25) is 9.89 Å². The molecular weight excluding hydrogens is 449 g/mol. The second kappa shape index (κ2) is 14.0. The topological polar surface area (TPSA) is 42.9 Å². The molecule has 0 bridgehead atoms. The number of guanidine groups is 1. The molecule has 2 N–H and O–H groups in total. The lowest BCUT2D eigenvalue weighted by atomic mass is 10.2. The average molecular weight is 487 g/mol. The number of rotatable bonds is 9. The van der Waals surface area contributed by atoms with Crippen LogP contribution in [0, 0.1) is 6.92 Å². The number of hydrogen-bond donors (Lipinski definition) is 2. The van der Waals surface area contributed by atoms with Gasteiger partial charge in [0.25, 0.3) is 0 Å². The first-order valence-corrected chi connectivity index (χ1v) is 10.2. The van der Waals surface area contributed by atoms with Crippen LogP contribution in [-0.4, -0.2) is 63.7 Å². The molecule has 0 amide bonds. The number of aliphatic imine (C=N–C) groups is 1. The fourth-order valence-corrected chi connectivity index (χ4v) is 3.33. The van der Waals surface area contributed by atoms with Crippen LogP contribution in [0.25, 0.3) is 0 Å². The number of unbranched alkanes of at least 4 members (excludes halogenated alkanes) is 2. The van der Waals surface area contributed by atoms with Crippen LogP contribution >= 0.6 is 24.0 Å². The van der Waals surface area contributed by atoms with Crippen molar-refractivity contribution in [2.45, 2.75) is 39.5 Å². The minimum absolute atomic E-state index is 0. The van der Waals surface area contributed by atoms with Gasteiger partial charge in [0.05, 0.1) is 0 Å². The highest BCUT2D eigenvalue weighted by Crippen LogP contribution is 2.17. The summed E-state index contributed by atoms with van der Waals surface area (Å²) in [7, 11) is 1.84. The van der Waals surface area contributed by atoms with Crippen molar-refractivity contribution in [1.29, 1.82) is 0 Å². The lowest BCUT2D eigenvalue weighted by molar-refractivity contribution is 0.253. The zero-order valence-electron chi connectivity index (χ0n) is 17.3. The molecular formula is C21H38IN5. The van der Waals surface area contributed by atoms with Gasteiger partial charge in [-0.2, -0.15) is 0 Å². The second-order valence-electron chi connectivity index (χ2n) is 7.15. The minimum Gasteiger partial charge on any atom is -0.369 e. The standard InChI is InChI=1S/C21H37N5.HI/c1-4-5-11-23-21(22-3)24-12-6-7-13-25-14-16-26(17-15-25)20-10-8-9-19(2)18-20;/h8-10,18H,4-7,11-17H2,1-3H3,(H2,22,23,24);1H. The summed E-state index contributed by atoms with van der Waals surface area (Å²) in [4.78, 5) is 9.38. The number of nitrogens with one attached hydrogen (secondary N) is 2. The van der Waals surface area contributed by atoms with E-state index in [-0.39, 0.29) is 24.0 Å². The van der Waals surface area contributed by atoms with Crippen molar-refractivity contribution in [2.75, 3.05) is 57.8 Å². The zero-order chi connectivity index (χ0) is 18.6. The third kappa shape index (κ3) is 9.14. The second-order valence-corrected chi connectivity index (χ2v) is 7.15. The van der Waals surface area contributed by atoms with E-state index in [1.807, 2.05) is 7.05 Å². The SMILES string of the molecule is CCCCNC(=NC)NCCCCN1CCN(c2cccc(C)c2)CC1.I. The number of aryl methyl sites for hydroxylation is 1. The van der Waals surface area contributed by atoms with Gasteiger partial charge in [-0.1, -0.05) is 25.5 Å². The van der Waals surface area contributed by atoms with Gasteiger partial charge < -0.3 is 15.5 Å². The van der Waals surface area contributed by atoms with E-state index in [1.165, 1.54) is 56.6 Å². The molecule has 0 saturated carbocycles. The molecule has 2 rings (SSSR count). The largest absolute Gasteiger partial charge is 0.369 e. The smallest absolute Gasteiger partial charge is 0.190 e. The summed E-state index contributed by atoms with van der Waals surface area (Å²) in [6.07, 6.45) is 4.83. The summed E-state index contributed by atoms with van der Waals surface area (Å²) in [6, 6.07) is 8.86. The Balaban J connectivity index is 0.00000364. The molecule has 0 aromatic heterocycles. The molecule has 0 radical (unpaired) electrons. The summed E-state index contributed by atoms with van der Waals surface area (Å²) in [6.45, 7) is 12.2. The Kier molecular flexibility index (Phi) is 12.5. The Labute approximate surface area is 183 Å². The van der Waals surface area contributed by atoms with Crippen LogP contribution < -0.4 is 15.5 Å². The first kappa shape index (κ1) is 24.0. The molecule has 0 spiro atoms. The predicted molar refractivity (Wildman–Crippen MR) is 129 cm³/mol. The van der Waals surface area contributed by atoms with E-state index >= 15 is 0 Å². The minimum atomic E-state index is 0. The van der Waals surface area contributed by atoms with Crippen molar-refractivity contribution in [3.8, 4) is 0 Å². The Morgan fingerprint density at radius 2 is 1.74 bits per heavy atom. The molecule has 154 valence electrons. The highest BCUT2D eigenvalue weighted by molar-refractivity contribution is 14.0. The normalized spacial score (nSPS) is 15.4. The van der Waals surface area contributed by atoms with Crippen LogP contribution in [0.5, 0.6) is 0 Å². The van der Waals surface area contributed by atoms with Crippen LogP contribution in [0.4, 0.5) is 5.69 Å². The van der Waals surface area contributed by atoms with E-state index in [1.54, 1.807) is 0 Å². The van der Waals surface area contributed by atoms with Crippen LogP contribution in [0.1, 0.15) is 38.2 Å². The maximum atomic E-state index is 4.27. The number of hydrogen-bond acceptors (Lipinski definition) is 3. The zero-order valence-corrected chi connectivity index (χ0v) is 19.7. The third-order valence-corrected chi connectivity index (χ3v) is 4.98. The molecule has 0 aliphatic carbocycles. The van der Waals surface area contributed by atoms with Crippen LogP contribution in [0.15, 0.2) is 29.3 Å². The predicted octanol–water partition coefficient (Wildman–Crippen LogP) is 3.48. The van der Waals surface area contributed by atoms with Crippen LogP contribution in [0.2, 0.25) is 0 Å². The van der Waals surface area contributed by atoms with E-state index in [4.69, 9.17) is 0 Å². The monoisotopic (exact) mass is 487 g/mol. The van der Waals surface area contributed by atoms with E-state index in [0.717, 1.165) is 32.1 Å². The molecule has 1 aromatic rings. The molecule has 0 unspecified atom stereocenters. The molecule has 5 nitrogen and oxygen atoms in total. The Hall–Kier alpha value is -1.02. The van der Waals surface area contributed by atoms with Gasteiger partial charge in [0.15, 0.2) is 5.96 Å². The van der Waals surface area contributed by atoms with E-state index < -0.39 is 0 Å². The maximum Gasteiger partial charge on any atom is 0.190 e. The number of anilines is 1. The molecule has 1 fully saturated rings. The average Bonchev–Trinajstić information content (AvgIpc) is 2.67. The molecule has 27 heavy (non-hydrogen) atoms. The van der Waals surface area contributed by atoms with Gasteiger partial charge in [0.1, 0.15) is 0 Å². The van der Waals surface area contributed by atoms with Crippen molar-refractivity contribution in [1.82, 2.24) is 15.5 Å². The van der Waals surface area contributed by atoms with Crippen LogP contribution in [-0.2, 0) is 0 Å². The summed E-state index contributed by atoms with van der Waals surface area (Å²) in [5, 5.41) is 6.77. The summed E-state index contributed by atoms with van der Waals surface area (Å²) in [5.74, 6) is 0.935. The highest BCUT2D eigenvalue weighted by atomic mass is 127. The molecule has 1 saturated heterocycles. The summed E-state index contributed by atoms with van der Waals surface area (Å²) in [5.41, 5.74) is 2.72. The summed E-state index contributed by atoms with van der Waals surface area (Å²) < 4.78 is 0. The maximum absolute atomic E-state index is 4.27. The number of nitrogens with zero attached hydrogens (tertiary/aromatic N) is 3. The molecule has 1 heterocycles. The molecule has 6 heteroatoms. The van der Waals surface area contributed by atoms with Gasteiger partial charge in [0.2, 0.25) is 0 Å². The molecule has 1 aromatic carbocycles. The fraction of sp³-hybridized carbons (Fsp3) is 0.667. The van der Waals surface area contributed by atoms with E-state index in [0.29, 0.717) is 0 Å². The quantitative estimate of drug-likeness (QED) is 0.242. The Morgan fingerprint density at radius 3 is 2.37 bits per heavy atom. The van der Waals surface area contributed by atoms with Gasteiger partial charge in [-0.05, 0) is 50.4 Å².